The van der Waals surface area contributed by atoms with E-state index in [9.17, 15) is 14.4 Å². The van der Waals surface area contributed by atoms with Crippen molar-refractivity contribution in [3.8, 4) is 0 Å². The van der Waals surface area contributed by atoms with Crippen molar-refractivity contribution in [3.05, 3.63) is 23.6 Å². The lowest BCUT2D eigenvalue weighted by Crippen LogP contribution is -2.50. The van der Waals surface area contributed by atoms with E-state index in [1.165, 1.54) is 11.4 Å². The van der Waals surface area contributed by atoms with E-state index < -0.39 is 24.3 Å². The number of nitrogens with two attached hydrogens (primary N) is 2. The van der Waals surface area contributed by atoms with E-state index in [2.05, 4.69) is 5.43 Å². The Labute approximate surface area is 164 Å². The molecule has 1 aliphatic carbocycles. The summed E-state index contributed by atoms with van der Waals surface area (Å²) in [5.41, 5.74) is 14.5. The first-order chi connectivity index (χ1) is 13.2. The molecule has 28 heavy (non-hydrogen) atoms. The Hall–Kier alpha value is -2.39. The second-order valence-corrected chi connectivity index (χ2v) is 7.60. The number of nitrogens with one attached hydrogen (secondary N) is 1. The molecule has 0 saturated heterocycles. The van der Waals surface area contributed by atoms with Gasteiger partial charge in [0.1, 0.15) is 5.76 Å². The van der Waals surface area contributed by atoms with Crippen molar-refractivity contribution in [2.75, 3.05) is 13.1 Å². The maximum absolute atomic E-state index is 12.4. The van der Waals surface area contributed by atoms with Gasteiger partial charge in [-0.25, -0.2) is 0 Å². The van der Waals surface area contributed by atoms with E-state index in [-0.39, 0.29) is 17.9 Å². The monoisotopic (exact) mass is 394 g/mol. The molecule has 6 N–H and O–H groups in total. The molecule has 1 heterocycles. The Morgan fingerprint density at radius 2 is 2.00 bits per heavy atom. The molecule has 1 aliphatic heterocycles. The van der Waals surface area contributed by atoms with E-state index in [4.69, 9.17) is 21.3 Å². The molecule has 0 unspecified atom stereocenters. The van der Waals surface area contributed by atoms with E-state index in [0.717, 1.165) is 25.7 Å². The number of rotatable bonds is 8. The van der Waals surface area contributed by atoms with Crippen molar-refractivity contribution in [1.82, 2.24) is 10.4 Å². The molecular weight excluding hydrogens is 364 g/mol. The van der Waals surface area contributed by atoms with Crippen LogP contribution in [0.3, 0.4) is 0 Å². The van der Waals surface area contributed by atoms with Gasteiger partial charge in [-0.3, -0.25) is 24.8 Å². The Balaban J connectivity index is 1.88. The smallest absolute Gasteiger partial charge is 0.311 e. The molecule has 0 aromatic rings. The molecule has 2 rings (SSSR count). The topological polar surface area (TPSA) is 148 Å². The maximum atomic E-state index is 12.4. The molecule has 0 radical (unpaired) electrons. The maximum Gasteiger partial charge on any atom is 0.311 e. The number of allylic oxidation sites excluding steroid dienone is 2. The number of amides is 1. The lowest BCUT2D eigenvalue weighted by molar-refractivity contribution is -0.142. The molecule has 1 fully saturated rings. The van der Waals surface area contributed by atoms with Crippen molar-refractivity contribution >= 4 is 17.8 Å². The number of carbonyl (C=O) groups is 3. The molecular formula is C19H30N4O5. The average Bonchev–Trinajstić information content (AvgIpc) is 2.64. The molecule has 0 aromatic carbocycles. The average molecular weight is 394 g/mol. The normalized spacial score (nSPS) is 19.9. The van der Waals surface area contributed by atoms with Crippen LogP contribution in [0.25, 0.3) is 0 Å². The quantitative estimate of drug-likeness (QED) is 0.441. The van der Waals surface area contributed by atoms with Gasteiger partial charge in [0.2, 0.25) is 0 Å². The molecule has 9 heteroatoms. The van der Waals surface area contributed by atoms with Crippen LogP contribution in [-0.4, -0.2) is 47.1 Å². The summed E-state index contributed by atoms with van der Waals surface area (Å²) in [4.78, 5) is 35.0. The highest BCUT2D eigenvalue weighted by atomic mass is 16.5. The third-order valence-electron chi connectivity index (χ3n) is 5.33. The minimum absolute atomic E-state index is 0.163. The molecule has 1 atom stereocenters. The summed E-state index contributed by atoms with van der Waals surface area (Å²) in [7, 11) is 0. The second kappa shape index (κ2) is 9.70. The SMILES string of the molecule is CC1=CC(OC(=O)CC2(CN)CCCCC2)=CCN1NC(=O)[C@@H](N)CC(=O)O. The van der Waals surface area contributed by atoms with E-state index >= 15 is 0 Å². The van der Waals surface area contributed by atoms with Gasteiger partial charge in [-0.15, -0.1) is 0 Å². The van der Waals surface area contributed by atoms with Crippen LogP contribution in [0.15, 0.2) is 23.6 Å². The van der Waals surface area contributed by atoms with Crippen LogP contribution in [0, 0.1) is 5.41 Å². The molecule has 0 spiro atoms. The lowest BCUT2D eigenvalue weighted by atomic mass is 9.72. The van der Waals surface area contributed by atoms with Crippen molar-refractivity contribution in [2.24, 2.45) is 16.9 Å². The van der Waals surface area contributed by atoms with Gasteiger partial charge in [-0.05, 0) is 37.8 Å². The highest BCUT2D eigenvalue weighted by Gasteiger charge is 2.34. The van der Waals surface area contributed by atoms with Gasteiger partial charge in [0.15, 0.2) is 0 Å². The van der Waals surface area contributed by atoms with Crippen LogP contribution in [0.2, 0.25) is 0 Å². The number of ether oxygens (including phenoxy) is 1. The fourth-order valence-corrected chi connectivity index (χ4v) is 3.60. The lowest BCUT2D eigenvalue weighted by Gasteiger charge is -2.35. The van der Waals surface area contributed by atoms with Crippen LogP contribution in [-0.2, 0) is 19.1 Å². The van der Waals surface area contributed by atoms with Crippen molar-refractivity contribution in [3.63, 3.8) is 0 Å². The van der Waals surface area contributed by atoms with E-state index in [0.29, 0.717) is 24.4 Å². The van der Waals surface area contributed by atoms with Crippen molar-refractivity contribution in [1.29, 1.82) is 0 Å². The minimum Gasteiger partial charge on any atom is -0.481 e. The van der Waals surface area contributed by atoms with E-state index in [1.54, 1.807) is 19.1 Å². The van der Waals surface area contributed by atoms with Gasteiger partial charge in [0, 0.05) is 11.8 Å². The van der Waals surface area contributed by atoms with Crippen LogP contribution in [0.5, 0.6) is 0 Å². The number of esters is 1. The minimum atomic E-state index is -1.14. The highest BCUT2D eigenvalue weighted by molar-refractivity contribution is 5.85. The third-order valence-corrected chi connectivity index (χ3v) is 5.33. The van der Waals surface area contributed by atoms with Gasteiger partial charge in [-0.2, -0.15) is 0 Å². The molecule has 2 aliphatic rings. The zero-order valence-corrected chi connectivity index (χ0v) is 16.3. The zero-order valence-electron chi connectivity index (χ0n) is 16.3. The van der Waals surface area contributed by atoms with Crippen LogP contribution in [0.1, 0.15) is 51.9 Å². The Morgan fingerprint density at radius 1 is 1.32 bits per heavy atom. The number of carboxylic acids is 1. The summed E-state index contributed by atoms with van der Waals surface area (Å²) in [6.45, 7) is 2.50. The number of nitrogens with zero attached hydrogens (tertiary/aromatic N) is 1. The number of hydrazine groups is 1. The summed E-state index contributed by atoms with van der Waals surface area (Å²) < 4.78 is 5.49. The number of carboxylic acid groups (broad SMARTS) is 1. The van der Waals surface area contributed by atoms with Crippen molar-refractivity contribution in [2.45, 2.75) is 57.9 Å². The number of aliphatic carboxylic acids is 1. The Morgan fingerprint density at radius 3 is 2.57 bits per heavy atom. The molecule has 1 saturated carbocycles. The second-order valence-electron chi connectivity index (χ2n) is 7.60. The highest BCUT2D eigenvalue weighted by Crippen LogP contribution is 2.38. The molecule has 156 valence electrons. The van der Waals surface area contributed by atoms with Crippen molar-refractivity contribution < 1.29 is 24.2 Å². The summed E-state index contributed by atoms with van der Waals surface area (Å²) in [6, 6.07) is -1.14. The zero-order chi connectivity index (χ0) is 20.7. The Bertz CT molecular complexity index is 667. The largest absolute Gasteiger partial charge is 0.481 e. The predicted octanol–water partition coefficient (Wildman–Crippen LogP) is 0.765. The molecule has 0 aromatic heterocycles. The summed E-state index contributed by atoms with van der Waals surface area (Å²) in [5, 5.41) is 10.2. The molecule has 0 bridgehead atoms. The van der Waals surface area contributed by atoms with Gasteiger partial charge in [-0.1, -0.05) is 19.3 Å². The first kappa shape index (κ1) is 21.9. The molecule has 1 amide bonds. The molecule has 9 nitrogen and oxygen atoms in total. The van der Waals surface area contributed by atoms with Gasteiger partial charge in [0.05, 0.1) is 25.4 Å². The number of hydrogen-bond acceptors (Lipinski definition) is 7. The Kier molecular flexibility index (Phi) is 7.59. The van der Waals surface area contributed by atoms with Gasteiger partial charge >= 0.3 is 11.9 Å². The fourth-order valence-electron chi connectivity index (χ4n) is 3.60. The standard InChI is InChI=1S/C19H30N4O5/c1-13-9-14(5-8-23(13)22-18(27)15(21)10-16(24)25)28-17(26)11-19(12-20)6-3-2-4-7-19/h5,9,15H,2-4,6-8,10-12,20-21H2,1H3,(H,22,27)(H,24,25)/t15-/m0/s1. The van der Waals surface area contributed by atoms with Crippen LogP contribution in [0.4, 0.5) is 0 Å². The summed E-state index contributed by atoms with van der Waals surface area (Å²) >= 11 is 0. The van der Waals surface area contributed by atoms with E-state index in [1.807, 2.05) is 0 Å². The van der Waals surface area contributed by atoms with Gasteiger partial charge < -0.3 is 21.3 Å². The first-order valence-electron chi connectivity index (χ1n) is 9.59. The first-order valence-corrected chi connectivity index (χ1v) is 9.59. The van der Waals surface area contributed by atoms with Crippen LogP contribution < -0.4 is 16.9 Å². The predicted molar refractivity (Wildman–Crippen MR) is 102 cm³/mol. The number of carbonyl (C=O) groups excluding carboxylic acids is 2. The fraction of sp³-hybridized carbons (Fsp3) is 0.632. The number of hydrogen-bond donors (Lipinski definition) is 4. The third kappa shape index (κ3) is 6.07. The summed E-state index contributed by atoms with van der Waals surface area (Å²) in [5.74, 6) is -1.61. The van der Waals surface area contributed by atoms with Crippen LogP contribution >= 0.6 is 0 Å². The van der Waals surface area contributed by atoms with Gasteiger partial charge in [0.25, 0.3) is 5.91 Å². The summed E-state index contributed by atoms with van der Waals surface area (Å²) in [6.07, 6.45) is 8.41.